The molecule has 1 N–H and O–H groups in total. The quantitative estimate of drug-likeness (QED) is 0.222. The van der Waals surface area contributed by atoms with Gasteiger partial charge in [0.05, 0.1) is 0 Å². The Morgan fingerprint density at radius 2 is 1.70 bits per heavy atom. The molecule has 0 saturated carbocycles. The maximum Gasteiger partial charge on any atom is 0.415 e. The minimum Gasteiger partial charge on any atom is -0.478 e. The van der Waals surface area contributed by atoms with Crippen molar-refractivity contribution in [3.63, 3.8) is 0 Å². The third-order valence-electron chi connectivity index (χ3n) is 7.28. The van der Waals surface area contributed by atoms with Crippen molar-refractivity contribution in [2.24, 2.45) is 11.8 Å². The van der Waals surface area contributed by atoms with Crippen molar-refractivity contribution in [2.75, 3.05) is 19.3 Å². The Labute approximate surface area is 239 Å². The third-order valence-corrected chi connectivity index (χ3v) is 8.03. The first-order valence-electron chi connectivity index (χ1n) is 13.3. The van der Waals surface area contributed by atoms with Gasteiger partial charge in [-0.3, -0.25) is 4.79 Å². The van der Waals surface area contributed by atoms with Crippen molar-refractivity contribution in [3.05, 3.63) is 89.5 Å². The second-order valence-electron chi connectivity index (χ2n) is 10.6. The molecule has 40 heavy (non-hydrogen) atoms. The van der Waals surface area contributed by atoms with Gasteiger partial charge in [0.15, 0.2) is 11.4 Å². The number of aryl methyl sites for hydroxylation is 2. The van der Waals surface area contributed by atoms with Crippen molar-refractivity contribution in [3.8, 4) is 11.5 Å². The number of amides is 1. The smallest absolute Gasteiger partial charge is 0.415 e. The van der Waals surface area contributed by atoms with Crippen LogP contribution in [0.25, 0.3) is 0 Å². The highest BCUT2D eigenvalue weighted by Gasteiger charge is 2.40. The second kappa shape index (κ2) is 12.6. The minimum atomic E-state index is -1.34. The van der Waals surface area contributed by atoms with E-state index in [-0.39, 0.29) is 17.6 Å². The number of carboxylic acids is 1. The number of ether oxygens (including phenoxy) is 2. The van der Waals surface area contributed by atoms with Crippen LogP contribution in [-0.4, -0.2) is 52.8 Å². The Morgan fingerprint density at radius 3 is 2.33 bits per heavy atom. The van der Waals surface area contributed by atoms with E-state index in [2.05, 4.69) is 0 Å². The molecule has 0 spiro atoms. The summed E-state index contributed by atoms with van der Waals surface area (Å²) in [5, 5.41) is 9.38. The van der Waals surface area contributed by atoms with Crippen LogP contribution in [0.2, 0.25) is 0 Å². The lowest BCUT2D eigenvalue weighted by Gasteiger charge is -2.23. The molecule has 210 valence electrons. The zero-order chi connectivity index (χ0) is 28.9. The lowest BCUT2D eigenvalue weighted by Crippen LogP contribution is -2.38. The molecule has 8 heteroatoms. The summed E-state index contributed by atoms with van der Waals surface area (Å²) >= 11 is 1.62. The number of carboxylic acid groups (broad SMARTS) is 1. The molecule has 0 radical (unpaired) electrons. The Kier molecular flexibility index (Phi) is 9.20. The molecule has 1 unspecified atom stereocenters. The second-order valence-corrected chi connectivity index (χ2v) is 11.5. The van der Waals surface area contributed by atoms with Gasteiger partial charge in [0.25, 0.3) is 0 Å². The fraction of sp³-hybridized carbons (Fsp3) is 0.344. The molecule has 1 aliphatic rings. The van der Waals surface area contributed by atoms with E-state index >= 15 is 0 Å². The van der Waals surface area contributed by atoms with Crippen LogP contribution in [-0.2, 0) is 11.2 Å². The SMILES string of the molecule is CSc1ccc(C(=O)C2CN(C(=O)Oc3ccccc3)C[C@@H]2CCc2ccc(OC(C)(C)C(=O)O)c(C)c2)cc1. The number of hydrogen-bond donors (Lipinski definition) is 1. The Bertz CT molecular complexity index is 1360. The molecule has 3 aromatic rings. The van der Waals surface area contributed by atoms with Crippen molar-refractivity contribution >= 4 is 29.6 Å². The molecule has 1 amide bonds. The van der Waals surface area contributed by atoms with Gasteiger partial charge in [0.2, 0.25) is 0 Å². The molecular formula is C32H35NO6S. The lowest BCUT2D eigenvalue weighted by atomic mass is 9.84. The van der Waals surface area contributed by atoms with Crippen LogP contribution in [0.4, 0.5) is 4.79 Å². The molecule has 3 aromatic carbocycles. The number of para-hydroxylation sites is 1. The average molecular weight is 562 g/mol. The number of carbonyl (C=O) groups excluding carboxylic acids is 2. The summed E-state index contributed by atoms with van der Waals surface area (Å²) < 4.78 is 11.3. The molecule has 2 atom stereocenters. The normalized spacial score (nSPS) is 16.9. The van der Waals surface area contributed by atoms with Gasteiger partial charge >= 0.3 is 12.1 Å². The number of aliphatic carboxylic acids is 1. The van der Waals surface area contributed by atoms with Crippen LogP contribution in [0.15, 0.2) is 77.7 Å². The standard InChI is InChI=1S/C32H35NO6S/c1-21-18-22(11-17-28(21)39-32(2,3)30(35)36)10-12-24-19-33(31(37)38-25-8-6-5-7-9-25)20-27(24)29(34)23-13-15-26(40-4)16-14-23/h5-9,11,13-18,24,27H,10,12,19-20H2,1-4H3,(H,35,36)/t24-,27?/m0/s1. The zero-order valence-electron chi connectivity index (χ0n) is 23.3. The van der Waals surface area contributed by atoms with E-state index < -0.39 is 17.7 Å². The molecule has 7 nitrogen and oxygen atoms in total. The average Bonchev–Trinajstić information content (AvgIpc) is 3.38. The van der Waals surface area contributed by atoms with Crippen molar-refractivity contribution in [1.82, 2.24) is 4.90 Å². The first kappa shape index (κ1) is 29.2. The van der Waals surface area contributed by atoms with E-state index in [0.717, 1.165) is 16.0 Å². The van der Waals surface area contributed by atoms with Crippen LogP contribution in [0.1, 0.15) is 41.8 Å². The van der Waals surface area contributed by atoms with E-state index in [0.29, 0.717) is 43.0 Å². The van der Waals surface area contributed by atoms with Gasteiger partial charge in [-0.1, -0.05) is 42.5 Å². The summed E-state index contributed by atoms with van der Waals surface area (Å²) in [5.74, 6) is -0.402. The number of nitrogens with zero attached hydrogens (tertiary/aromatic N) is 1. The molecule has 1 heterocycles. The number of thioether (sulfide) groups is 1. The van der Waals surface area contributed by atoms with E-state index in [9.17, 15) is 19.5 Å². The fourth-order valence-electron chi connectivity index (χ4n) is 4.89. The van der Waals surface area contributed by atoms with Gasteiger partial charge in [0, 0.05) is 29.5 Å². The number of benzene rings is 3. The van der Waals surface area contributed by atoms with Gasteiger partial charge in [-0.15, -0.1) is 11.8 Å². The van der Waals surface area contributed by atoms with E-state index in [4.69, 9.17) is 9.47 Å². The molecule has 1 aliphatic heterocycles. The Morgan fingerprint density at radius 1 is 1.00 bits per heavy atom. The molecule has 1 fully saturated rings. The maximum absolute atomic E-state index is 13.6. The summed E-state index contributed by atoms with van der Waals surface area (Å²) in [7, 11) is 0. The molecular weight excluding hydrogens is 526 g/mol. The number of ketones is 1. The van der Waals surface area contributed by atoms with Gasteiger partial charge in [0.1, 0.15) is 11.5 Å². The Balaban J connectivity index is 1.49. The van der Waals surface area contributed by atoms with Crippen LogP contribution >= 0.6 is 11.8 Å². The highest BCUT2D eigenvalue weighted by Crippen LogP contribution is 2.33. The zero-order valence-corrected chi connectivity index (χ0v) is 24.1. The number of likely N-dealkylation sites (tertiary alicyclic amines) is 1. The van der Waals surface area contributed by atoms with E-state index in [1.807, 2.05) is 55.6 Å². The predicted octanol–water partition coefficient (Wildman–Crippen LogP) is 6.52. The summed E-state index contributed by atoms with van der Waals surface area (Å²) in [6, 6.07) is 22.2. The third kappa shape index (κ3) is 7.04. The number of hydrogen-bond acceptors (Lipinski definition) is 6. The number of Topliss-reactive ketones (excluding diaryl/α,β-unsaturated/α-hetero) is 1. The van der Waals surface area contributed by atoms with Crippen LogP contribution in [0.5, 0.6) is 11.5 Å². The molecule has 1 saturated heterocycles. The lowest BCUT2D eigenvalue weighted by molar-refractivity contribution is -0.152. The number of carbonyl (C=O) groups is 3. The summed E-state index contributed by atoms with van der Waals surface area (Å²) in [4.78, 5) is 40.8. The molecule has 0 bridgehead atoms. The summed E-state index contributed by atoms with van der Waals surface area (Å²) in [6.07, 6.45) is 2.94. The van der Waals surface area contributed by atoms with E-state index in [1.54, 1.807) is 47.0 Å². The first-order chi connectivity index (χ1) is 19.1. The molecule has 0 aromatic heterocycles. The first-order valence-corrected chi connectivity index (χ1v) is 14.5. The summed E-state index contributed by atoms with van der Waals surface area (Å²) in [6.45, 7) is 5.65. The number of rotatable bonds is 10. The van der Waals surface area contributed by atoms with E-state index in [1.165, 1.54) is 13.8 Å². The van der Waals surface area contributed by atoms with Crippen molar-refractivity contribution in [1.29, 1.82) is 0 Å². The highest BCUT2D eigenvalue weighted by atomic mass is 32.2. The minimum absolute atomic E-state index is 0.0310. The van der Waals surface area contributed by atoms with Crippen molar-refractivity contribution < 1.29 is 29.0 Å². The Hall–Kier alpha value is -3.78. The molecule has 4 rings (SSSR count). The maximum atomic E-state index is 13.6. The van der Waals surface area contributed by atoms with Crippen LogP contribution in [0, 0.1) is 18.8 Å². The van der Waals surface area contributed by atoms with Gasteiger partial charge in [-0.05, 0) is 87.2 Å². The van der Waals surface area contributed by atoms with Crippen LogP contribution in [0.3, 0.4) is 0 Å². The van der Waals surface area contributed by atoms with Crippen molar-refractivity contribution in [2.45, 2.75) is 44.1 Å². The van der Waals surface area contributed by atoms with Gasteiger partial charge in [-0.2, -0.15) is 0 Å². The monoisotopic (exact) mass is 561 g/mol. The predicted molar refractivity (Wildman–Crippen MR) is 155 cm³/mol. The van der Waals surface area contributed by atoms with Gasteiger partial charge in [-0.25, -0.2) is 9.59 Å². The summed E-state index contributed by atoms with van der Waals surface area (Å²) in [5.41, 5.74) is 1.20. The largest absolute Gasteiger partial charge is 0.478 e. The topological polar surface area (TPSA) is 93.1 Å². The highest BCUT2D eigenvalue weighted by molar-refractivity contribution is 7.98. The molecule has 0 aliphatic carbocycles. The van der Waals surface area contributed by atoms with Crippen LogP contribution < -0.4 is 9.47 Å². The van der Waals surface area contributed by atoms with Gasteiger partial charge < -0.3 is 19.5 Å². The fourth-order valence-corrected chi connectivity index (χ4v) is 5.29.